The summed E-state index contributed by atoms with van der Waals surface area (Å²) in [5.41, 5.74) is 0.331. The van der Waals surface area contributed by atoms with Crippen molar-refractivity contribution in [3.63, 3.8) is 0 Å². The minimum absolute atomic E-state index is 0.0255. The molecule has 0 amide bonds. The van der Waals surface area contributed by atoms with Crippen molar-refractivity contribution in [3.8, 4) is 17.2 Å². The van der Waals surface area contributed by atoms with Crippen LogP contribution in [0.3, 0.4) is 0 Å². The molecule has 0 spiro atoms. The lowest BCUT2D eigenvalue weighted by Crippen LogP contribution is -1.92. The Balaban J connectivity index is 2.71. The SMILES string of the molecule is N#Cc1cc(F)c(F)cc1-c1ccc(F)cc1Cl. The number of rotatable bonds is 1. The molecular formula is C13H5ClF3N. The van der Waals surface area contributed by atoms with Crippen molar-refractivity contribution in [1.29, 1.82) is 5.26 Å². The summed E-state index contributed by atoms with van der Waals surface area (Å²) in [4.78, 5) is 0. The molecule has 0 fully saturated rings. The average molecular weight is 268 g/mol. The predicted molar refractivity (Wildman–Crippen MR) is 61.5 cm³/mol. The molecule has 0 heterocycles. The summed E-state index contributed by atoms with van der Waals surface area (Å²) < 4.78 is 39.1. The first-order chi connectivity index (χ1) is 8.52. The zero-order chi connectivity index (χ0) is 13.3. The van der Waals surface area contributed by atoms with Gasteiger partial charge in [0, 0.05) is 11.1 Å². The van der Waals surface area contributed by atoms with Gasteiger partial charge in [-0.2, -0.15) is 5.26 Å². The number of benzene rings is 2. The first-order valence-corrected chi connectivity index (χ1v) is 5.25. The lowest BCUT2D eigenvalue weighted by molar-refractivity contribution is 0.508. The molecule has 2 rings (SSSR count). The number of nitriles is 1. The minimum atomic E-state index is -1.12. The zero-order valence-electron chi connectivity index (χ0n) is 8.85. The molecule has 0 saturated heterocycles. The van der Waals surface area contributed by atoms with E-state index in [2.05, 4.69) is 0 Å². The van der Waals surface area contributed by atoms with E-state index in [4.69, 9.17) is 16.9 Å². The summed E-state index contributed by atoms with van der Waals surface area (Å²) >= 11 is 5.82. The third kappa shape index (κ3) is 2.18. The molecule has 0 aromatic heterocycles. The molecule has 0 atom stereocenters. The first kappa shape index (κ1) is 12.5. The van der Waals surface area contributed by atoms with Gasteiger partial charge in [0.15, 0.2) is 11.6 Å². The average Bonchev–Trinajstić information content (AvgIpc) is 2.32. The minimum Gasteiger partial charge on any atom is -0.207 e. The largest absolute Gasteiger partial charge is 0.207 e. The Morgan fingerprint density at radius 3 is 2.22 bits per heavy atom. The highest BCUT2D eigenvalue weighted by atomic mass is 35.5. The van der Waals surface area contributed by atoms with Gasteiger partial charge in [-0.15, -0.1) is 0 Å². The quantitative estimate of drug-likeness (QED) is 0.756. The van der Waals surface area contributed by atoms with Crippen LogP contribution in [-0.4, -0.2) is 0 Å². The van der Waals surface area contributed by atoms with Crippen LogP contribution in [0.5, 0.6) is 0 Å². The summed E-state index contributed by atoms with van der Waals surface area (Å²) in [7, 11) is 0. The van der Waals surface area contributed by atoms with Gasteiger partial charge in [-0.25, -0.2) is 13.2 Å². The van der Waals surface area contributed by atoms with Crippen LogP contribution in [-0.2, 0) is 0 Å². The molecule has 2 aromatic carbocycles. The highest BCUT2D eigenvalue weighted by molar-refractivity contribution is 6.33. The Bertz CT molecular complexity index is 662. The molecule has 0 bridgehead atoms. The molecule has 0 radical (unpaired) electrons. The van der Waals surface area contributed by atoms with E-state index in [0.29, 0.717) is 0 Å². The van der Waals surface area contributed by atoms with Crippen LogP contribution in [0.4, 0.5) is 13.2 Å². The maximum atomic E-state index is 13.2. The Morgan fingerprint density at radius 2 is 1.61 bits per heavy atom. The van der Waals surface area contributed by atoms with Crippen LogP contribution in [0, 0.1) is 28.8 Å². The van der Waals surface area contributed by atoms with Gasteiger partial charge in [0.05, 0.1) is 16.7 Å². The van der Waals surface area contributed by atoms with Gasteiger partial charge in [-0.3, -0.25) is 0 Å². The normalized spacial score (nSPS) is 10.2. The van der Waals surface area contributed by atoms with E-state index in [1.165, 1.54) is 6.07 Å². The topological polar surface area (TPSA) is 23.8 Å². The van der Waals surface area contributed by atoms with Crippen LogP contribution in [0.1, 0.15) is 5.56 Å². The fourth-order valence-electron chi connectivity index (χ4n) is 1.57. The first-order valence-electron chi connectivity index (χ1n) is 4.87. The summed E-state index contributed by atoms with van der Waals surface area (Å²) in [6, 6.07) is 6.88. The second kappa shape index (κ2) is 4.71. The van der Waals surface area contributed by atoms with E-state index < -0.39 is 17.5 Å². The molecule has 0 aliphatic heterocycles. The highest BCUT2D eigenvalue weighted by Gasteiger charge is 2.14. The van der Waals surface area contributed by atoms with Crippen LogP contribution in [0.25, 0.3) is 11.1 Å². The fraction of sp³-hybridized carbons (Fsp3) is 0. The Labute approximate surface area is 106 Å². The lowest BCUT2D eigenvalue weighted by Gasteiger charge is -2.07. The maximum absolute atomic E-state index is 13.2. The van der Waals surface area contributed by atoms with Crippen LogP contribution < -0.4 is 0 Å². The van der Waals surface area contributed by atoms with Crippen molar-refractivity contribution in [3.05, 3.63) is 58.4 Å². The molecule has 90 valence electrons. The number of nitrogens with zero attached hydrogens (tertiary/aromatic N) is 1. The van der Waals surface area contributed by atoms with Gasteiger partial charge in [0.25, 0.3) is 0 Å². The third-order valence-electron chi connectivity index (χ3n) is 2.40. The van der Waals surface area contributed by atoms with Crippen LogP contribution in [0.2, 0.25) is 5.02 Å². The van der Waals surface area contributed by atoms with Crippen molar-refractivity contribution >= 4 is 11.6 Å². The van der Waals surface area contributed by atoms with Crippen LogP contribution >= 0.6 is 11.6 Å². The van der Waals surface area contributed by atoms with E-state index in [1.807, 2.05) is 0 Å². The summed E-state index contributed by atoms with van der Waals surface area (Å²) in [6.45, 7) is 0. The van der Waals surface area contributed by atoms with Gasteiger partial charge in [-0.05, 0) is 30.3 Å². The smallest absolute Gasteiger partial charge is 0.160 e. The van der Waals surface area contributed by atoms with E-state index in [9.17, 15) is 13.2 Å². The molecule has 0 aliphatic carbocycles. The Hall–Kier alpha value is -1.99. The second-order valence-corrected chi connectivity index (χ2v) is 3.96. The molecule has 2 aromatic rings. The summed E-state index contributed by atoms with van der Waals surface area (Å²) in [5.74, 6) is -2.76. The number of hydrogen-bond donors (Lipinski definition) is 0. The van der Waals surface area contributed by atoms with Gasteiger partial charge in [0.2, 0.25) is 0 Å². The maximum Gasteiger partial charge on any atom is 0.160 e. The van der Waals surface area contributed by atoms with E-state index in [1.54, 1.807) is 6.07 Å². The van der Waals surface area contributed by atoms with Crippen molar-refractivity contribution in [2.45, 2.75) is 0 Å². The standard InChI is InChI=1S/C13H5ClF3N/c14-11-4-8(15)1-2-9(11)10-5-13(17)12(16)3-7(10)6-18/h1-5H. The van der Waals surface area contributed by atoms with Crippen molar-refractivity contribution in [1.82, 2.24) is 0 Å². The van der Waals surface area contributed by atoms with Gasteiger partial charge in [0.1, 0.15) is 5.82 Å². The highest BCUT2D eigenvalue weighted by Crippen LogP contribution is 2.32. The third-order valence-corrected chi connectivity index (χ3v) is 2.71. The van der Waals surface area contributed by atoms with Gasteiger partial charge in [-0.1, -0.05) is 11.6 Å². The molecule has 1 nitrogen and oxygen atoms in total. The summed E-state index contributed by atoms with van der Waals surface area (Å²) in [6.07, 6.45) is 0. The molecule has 0 N–H and O–H groups in total. The van der Waals surface area contributed by atoms with E-state index in [-0.39, 0.29) is 21.7 Å². The van der Waals surface area contributed by atoms with E-state index in [0.717, 1.165) is 24.3 Å². The Morgan fingerprint density at radius 1 is 0.944 bits per heavy atom. The fourth-order valence-corrected chi connectivity index (χ4v) is 1.84. The molecule has 18 heavy (non-hydrogen) atoms. The van der Waals surface area contributed by atoms with Gasteiger partial charge >= 0.3 is 0 Å². The van der Waals surface area contributed by atoms with Crippen LogP contribution in [0.15, 0.2) is 30.3 Å². The predicted octanol–water partition coefficient (Wildman–Crippen LogP) is 4.30. The molecule has 0 aliphatic rings. The van der Waals surface area contributed by atoms with E-state index >= 15 is 0 Å². The monoisotopic (exact) mass is 267 g/mol. The Kier molecular flexibility index (Phi) is 3.26. The molecule has 0 saturated carbocycles. The number of halogens is 4. The summed E-state index contributed by atoms with van der Waals surface area (Å²) in [5, 5.41) is 8.91. The van der Waals surface area contributed by atoms with Crippen molar-refractivity contribution in [2.24, 2.45) is 0 Å². The van der Waals surface area contributed by atoms with Crippen molar-refractivity contribution in [2.75, 3.05) is 0 Å². The molecular weight excluding hydrogens is 263 g/mol. The number of hydrogen-bond acceptors (Lipinski definition) is 1. The molecule has 0 unspecified atom stereocenters. The lowest BCUT2D eigenvalue weighted by atomic mass is 10.00. The second-order valence-electron chi connectivity index (χ2n) is 3.55. The van der Waals surface area contributed by atoms with Crippen molar-refractivity contribution < 1.29 is 13.2 Å². The van der Waals surface area contributed by atoms with Gasteiger partial charge < -0.3 is 0 Å². The zero-order valence-corrected chi connectivity index (χ0v) is 9.60. The molecule has 5 heteroatoms.